The number of carbonyl (C=O) groups is 1. The zero-order valence-corrected chi connectivity index (χ0v) is 11.1. The van der Waals surface area contributed by atoms with Gasteiger partial charge in [-0.25, -0.2) is 9.78 Å². The van der Waals surface area contributed by atoms with Crippen LogP contribution in [0, 0.1) is 0 Å². The molecule has 0 saturated carbocycles. The number of ether oxygens (including phenoxy) is 1. The van der Waals surface area contributed by atoms with Crippen LogP contribution in [-0.2, 0) is 15.1 Å². The largest absolute Gasteiger partial charge is 0.461 e. The van der Waals surface area contributed by atoms with Gasteiger partial charge in [0.15, 0.2) is 0 Å². The number of hydrogen-bond acceptors (Lipinski definition) is 5. The molecule has 0 bridgehead atoms. The van der Waals surface area contributed by atoms with E-state index in [4.69, 9.17) is 22.3 Å². The van der Waals surface area contributed by atoms with Crippen LogP contribution in [0.1, 0.15) is 17.4 Å². The average Bonchev–Trinajstić information content (AvgIpc) is 2.15. The lowest BCUT2D eigenvalue weighted by Crippen LogP contribution is -2.06. The van der Waals surface area contributed by atoms with E-state index < -0.39 is 10.4 Å². The quantitative estimate of drug-likeness (QED) is 0.479. The minimum atomic E-state index is -4.67. The Morgan fingerprint density at radius 1 is 1.47 bits per heavy atom. The van der Waals surface area contributed by atoms with Gasteiger partial charge in [0.05, 0.1) is 6.61 Å². The SMILES string of the molecule is CCOC(=O)c1cccc(Br)n1.O=S(=O)(O)O. The van der Waals surface area contributed by atoms with Gasteiger partial charge in [0.2, 0.25) is 0 Å². The second kappa shape index (κ2) is 7.33. The van der Waals surface area contributed by atoms with E-state index in [0.29, 0.717) is 16.9 Å². The molecule has 2 N–H and O–H groups in total. The number of pyridine rings is 1. The van der Waals surface area contributed by atoms with Gasteiger partial charge in [-0.2, -0.15) is 8.42 Å². The molecule has 0 aliphatic heterocycles. The first-order chi connectivity index (χ1) is 7.74. The van der Waals surface area contributed by atoms with Gasteiger partial charge >= 0.3 is 16.4 Å². The zero-order valence-electron chi connectivity index (χ0n) is 8.70. The van der Waals surface area contributed by atoms with Crippen molar-refractivity contribution in [3.8, 4) is 0 Å². The van der Waals surface area contributed by atoms with Gasteiger partial charge in [0.1, 0.15) is 10.3 Å². The first kappa shape index (κ1) is 16.0. The minimum Gasteiger partial charge on any atom is -0.461 e. The van der Waals surface area contributed by atoms with Gasteiger partial charge in [-0.15, -0.1) is 0 Å². The van der Waals surface area contributed by atoms with Gasteiger partial charge in [-0.1, -0.05) is 6.07 Å². The number of hydrogen-bond donors (Lipinski definition) is 2. The van der Waals surface area contributed by atoms with Crippen LogP contribution in [0.15, 0.2) is 22.8 Å². The van der Waals surface area contributed by atoms with Crippen molar-refractivity contribution in [3.05, 3.63) is 28.5 Å². The predicted molar refractivity (Wildman–Crippen MR) is 62.1 cm³/mol. The normalized spacial score (nSPS) is 10.1. The van der Waals surface area contributed by atoms with Crippen molar-refractivity contribution in [3.63, 3.8) is 0 Å². The number of nitrogens with zero attached hydrogens (tertiary/aromatic N) is 1. The molecule has 0 atom stereocenters. The summed E-state index contributed by atoms with van der Waals surface area (Å²) in [5.41, 5.74) is 0.325. The number of esters is 1. The molecular formula is C8H10BrNO6S. The Hall–Kier alpha value is -1.03. The van der Waals surface area contributed by atoms with E-state index in [9.17, 15) is 4.79 Å². The molecule has 0 radical (unpaired) electrons. The Bertz CT molecular complexity index is 467. The molecule has 1 aromatic rings. The molecule has 17 heavy (non-hydrogen) atoms. The Kier molecular flexibility index (Phi) is 6.88. The summed E-state index contributed by atoms with van der Waals surface area (Å²) in [6.07, 6.45) is 0. The maximum atomic E-state index is 11.1. The highest BCUT2D eigenvalue weighted by Gasteiger charge is 2.06. The smallest absolute Gasteiger partial charge is 0.394 e. The molecular weight excluding hydrogens is 318 g/mol. The summed E-state index contributed by atoms with van der Waals surface area (Å²) in [4.78, 5) is 15.0. The molecule has 0 aromatic carbocycles. The maximum Gasteiger partial charge on any atom is 0.394 e. The molecule has 7 nitrogen and oxygen atoms in total. The van der Waals surface area contributed by atoms with Gasteiger partial charge in [-0.05, 0) is 35.0 Å². The Labute approximate surface area is 107 Å². The fourth-order valence-corrected chi connectivity index (χ4v) is 1.07. The van der Waals surface area contributed by atoms with Crippen molar-refractivity contribution in [2.24, 2.45) is 0 Å². The number of aromatic nitrogens is 1. The third-order valence-corrected chi connectivity index (χ3v) is 1.64. The van der Waals surface area contributed by atoms with Crippen molar-refractivity contribution in [2.75, 3.05) is 6.61 Å². The molecule has 9 heteroatoms. The number of halogens is 1. The van der Waals surface area contributed by atoms with E-state index in [1.54, 1.807) is 25.1 Å². The van der Waals surface area contributed by atoms with Crippen LogP contribution in [0.2, 0.25) is 0 Å². The van der Waals surface area contributed by atoms with E-state index in [2.05, 4.69) is 20.9 Å². The molecule has 96 valence electrons. The highest BCUT2D eigenvalue weighted by molar-refractivity contribution is 9.10. The van der Waals surface area contributed by atoms with Crippen molar-refractivity contribution >= 4 is 32.3 Å². The molecule has 0 aliphatic rings. The monoisotopic (exact) mass is 327 g/mol. The highest BCUT2D eigenvalue weighted by Crippen LogP contribution is 2.06. The van der Waals surface area contributed by atoms with Crippen molar-refractivity contribution < 1.29 is 27.1 Å². The van der Waals surface area contributed by atoms with E-state index in [0.717, 1.165) is 0 Å². The van der Waals surface area contributed by atoms with Crippen LogP contribution in [0.25, 0.3) is 0 Å². The third-order valence-electron chi connectivity index (χ3n) is 1.20. The van der Waals surface area contributed by atoms with Crippen molar-refractivity contribution in [1.82, 2.24) is 4.98 Å². The van der Waals surface area contributed by atoms with Gasteiger partial charge in [-0.3, -0.25) is 9.11 Å². The standard InChI is InChI=1S/C8H8BrNO2.H2O4S/c1-2-12-8(11)6-4-3-5-7(9)10-6;1-5(2,3)4/h3-5H,2H2,1H3;(H2,1,2,3,4). The summed E-state index contributed by atoms with van der Waals surface area (Å²) in [6, 6.07) is 5.11. The maximum absolute atomic E-state index is 11.1. The molecule has 1 aromatic heterocycles. The minimum absolute atomic E-state index is 0.325. The van der Waals surface area contributed by atoms with Crippen LogP contribution in [0.5, 0.6) is 0 Å². The van der Waals surface area contributed by atoms with Gasteiger partial charge in [0.25, 0.3) is 0 Å². The number of rotatable bonds is 2. The predicted octanol–water partition coefficient (Wildman–Crippen LogP) is 1.37. The Balaban J connectivity index is 0.000000437. The van der Waals surface area contributed by atoms with Crippen LogP contribution < -0.4 is 0 Å². The lowest BCUT2D eigenvalue weighted by atomic mass is 10.4. The Morgan fingerprint density at radius 2 is 2.00 bits per heavy atom. The summed E-state index contributed by atoms with van der Waals surface area (Å²) in [5.74, 6) is -0.390. The summed E-state index contributed by atoms with van der Waals surface area (Å²) >= 11 is 3.16. The molecule has 0 spiro atoms. The summed E-state index contributed by atoms with van der Waals surface area (Å²) in [5, 5.41) is 0. The second-order valence-electron chi connectivity index (χ2n) is 2.51. The zero-order chi connectivity index (χ0) is 13.5. The van der Waals surface area contributed by atoms with Crippen LogP contribution in [-0.4, -0.2) is 35.1 Å². The molecule has 0 saturated heterocycles. The lowest BCUT2D eigenvalue weighted by Gasteiger charge is -1.99. The third kappa shape index (κ3) is 9.87. The molecule has 0 unspecified atom stereocenters. The van der Waals surface area contributed by atoms with Gasteiger partial charge < -0.3 is 4.74 Å². The summed E-state index contributed by atoms with van der Waals surface area (Å²) in [6.45, 7) is 2.13. The van der Waals surface area contributed by atoms with Crippen LogP contribution in [0.3, 0.4) is 0 Å². The average molecular weight is 328 g/mol. The summed E-state index contributed by atoms with van der Waals surface area (Å²) < 4.78 is 37.0. The molecule has 0 amide bonds. The molecule has 0 fully saturated rings. The van der Waals surface area contributed by atoms with E-state index >= 15 is 0 Å². The highest BCUT2D eigenvalue weighted by atomic mass is 79.9. The Morgan fingerprint density at radius 3 is 2.41 bits per heavy atom. The van der Waals surface area contributed by atoms with Crippen molar-refractivity contribution in [1.29, 1.82) is 0 Å². The fourth-order valence-electron chi connectivity index (χ4n) is 0.727. The van der Waals surface area contributed by atoms with E-state index in [-0.39, 0.29) is 5.97 Å². The fraction of sp³-hybridized carbons (Fsp3) is 0.250. The molecule has 0 aliphatic carbocycles. The van der Waals surface area contributed by atoms with Gasteiger partial charge in [0, 0.05) is 0 Å². The van der Waals surface area contributed by atoms with Crippen LogP contribution >= 0.6 is 15.9 Å². The first-order valence-corrected chi connectivity index (χ1v) is 6.42. The second-order valence-corrected chi connectivity index (χ2v) is 4.22. The topological polar surface area (TPSA) is 114 Å². The van der Waals surface area contributed by atoms with Crippen LogP contribution in [0.4, 0.5) is 0 Å². The van der Waals surface area contributed by atoms with E-state index in [1.165, 1.54) is 0 Å². The number of carbonyl (C=O) groups excluding carboxylic acids is 1. The molecule has 1 heterocycles. The molecule has 1 rings (SSSR count). The first-order valence-electron chi connectivity index (χ1n) is 4.23. The lowest BCUT2D eigenvalue weighted by molar-refractivity contribution is 0.0519. The van der Waals surface area contributed by atoms with Crippen molar-refractivity contribution in [2.45, 2.75) is 6.92 Å². The summed E-state index contributed by atoms with van der Waals surface area (Å²) in [7, 11) is -4.67. The van der Waals surface area contributed by atoms with E-state index in [1.807, 2.05) is 0 Å².